The molecule has 1 aliphatic heterocycles. The zero-order chi connectivity index (χ0) is 11.2. The molecule has 1 heterocycles. The lowest BCUT2D eigenvalue weighted by atomic mass is 9.76. The first kappa shape index (κ1) is 11.3. The fraction of sp³-hybridized carbons (Fsp3) is 1.00. The van der Waals surface area contributed by atoms with Crippen LogP contribution in [-0.4, -0.2) is 18.0 Å². The van der Waals surface area contributed by atoms with E-state index in [1.165, 1.54) is 57.8 Å². The third-order valence-corrected chi connectivity index (χ3v) is 9.65. The SMILES string of the molecule is CP1(=O)C2CCCCC2CC2CCCCC21. The standard InChI is InChI=1S/C14H25OP/c1-16(15)13-8-4-2-6-11(13)10-12-7-3-5-9-14(12)16/h11-14H,2-10H2,1H3. The zero-order valence-electron chi connectivity index (χ0n) is 10.5. The Bertz CT molecular complexity index is 286. The molecule has 3 fully saturated rings. The van der Waals surface area contributed by atoms with Crippen molar-refractivity contribution in [2.75, 3.05) is 6.66 Å². The first-order chi connectivity index (χ1) is 7.69. The van der Waals surface area contributed by atoms with E-state index in [9.17, 15) is 4.57 Å². The van der Waals surface area contributed by atoms with Gasteiger partial charge in [0.2, 0.25) is 0 Å². The number of rotatable bonds is 0. The average molecular weight is 240 g/mol. The summed E-state index contributed by atoms with van der Waals surface area (Å²) in [4.78, 5) is 0. The van der Waals surface area contributed by atoms with Gasteiger partial charge in [0.05, 0.1) is 7.14 Å². The molecule has 3 rings (SSSR count). The zero-order valence-corrected chi connectivity index (χ0v) is 11.4. The van der Waals surface area contributed by atoms with Crippen molar-refractivity contribution in [2.24, 2.45) is 11.8 Å². The van der Waals surface area contributed by atoms with Gasteiger partial charge in [0.25, 0.3) is 0 Å². The van der Waals surface area contributed by atoms with Crippen molar-refractivity contribution >= 4 is 7.14 Å². The van der Waals surface area contributed by atoms with Crippen LogP contribution in [0.2, 0.25) is 0 Å². The highest BCUT2D eigenvalue weighted by atomic mass is 31.2. The van der Waals surface area contributed by atoms with Crippen molar-refractivity contribution in [1.29, 1.82) is 0 Å². The van der Waals surface area contributed by atoms with Crippen molar-refractivity contribution in [2.45, 2.75) is 69.1 Å². The Morgan fingerprint density at radius 3 is 1.75 bits per heavy atom. The molecule has 0 aromatic heterocycles. The van der Waals surface area contributed by atoms with Crippen molar-refractivity contribution in [3.63, 3.8) is 0 Å². The van der Waals surface area contributed by atoms with E-state index in [0.29, 0.717) is 11.3 Å². The smallest absolute Gasteiger partial charge is 0.0912 e. The highest BCUT2D eigenvalue weighted by molar-refractivity contribution is 7.64. The van der Waals surface area contributed by atoms with Crippen LogP contribution < -0.4 is 0 Å². The molecule has 92 valence electrons. The molecule has 0 aromatic carbocycles. The van der Waals surface area contributed by atoms with E-state index >= 15 is 0 Å². The Balaban J connectivity index is 1.88. The minimum Gasteiger partial charge on any atom is -0.323 e. The first-order valence-corrected chi connectivity index (χ1v) is 9.55. The molecule has 2 aliphatic carbocycles. The minimum absolute atomic E-state index is 0.626. The van der Waals surface area contributed by atoms with E-state index in [-0.39, 0.29) is 0 Å². The molecule has 0 N–H and O–H groups in total. The van der Waals surface area contributed by atoms with Gasteiger partial charge in [-0.25, -0.2) is 0 Å². The lowest BCUT2D eigenvalue weighted by Crippen LogP contribution is -2.41. The van der Waals surface area contributed by atoms with Crippen molar-refractivity contribution in [1.82, 2.24) is 0 Å². The summed E-state index contributed by atoms with van der Waals surface area (Å²) in [5, 5.41) is 0. The Morgan fingerprint density at radius 2 is 1.25 bits per heavy atom. The van der Waals surface area contributed by atoms with Crippen LogP contribution in [0.25, 0.3) is 0 Å². The largest absolute Gasteiger partial charge is 0.323 e. The maximum atomic E-state index is 13.2. The van der Waals surface area contributed by atoms with Gasteiger partial charge in [0.15, 0.2) is 0 Å². The molecule has 0 bridgehead atoms. The molecule has 0 radical (unpaired) electrons. The molecule has 1 nitrogen and oxygen atoms in total. The maximum absolute atomic E-state index is 13.2. The Hall–Kier alpha value is 0.230. The number of fused-ring (bicyclic) bond motifs is 2. The molecule has 16 heavy (non-hydrogen) atoms. The lowest BCUT2D eigenvalue weighted by molar-refractivity contribution is 0.220. The van der Waals surface area contributed by atoms with E-state index in [1.54, 1.807) is 0 Å². The van der Waals surface area contributed by atoms with E-state index in [0.717, 1.165) is 11.8 Å². The second-order valence-electron chi connectivity index (χ2n) is 6.52. The van der Waals surface area contributed by atoms with Gasteiger partial charge in [0, 0.05) is 11.3 Å². The van der Waals surface area contributed by atoms with Gasteiger partial charge < -0.3 is 4.57 Å². The second-order valence-corrected chi connectivity index (χ2v) is 9.96. The second kappa shape index (κ2) is 4.16. The Kier molecular flexibility index (Phi) is 2.94. The van der Waals surface area contributed by atoms with Gasteiger partial charge in [0.1, 0.15) is 0 Å². The molecule has 1 saturated heterocycles. The van der Waals surface area contributed by atoms with Crippen LogP contribution in [0.1, 0.15) is 57.8 Å². The fourth-order valence-corrected chi connectivity index (χ4v) is 9.01. The van der Waals surface area contributed by atoms with Crippen LogP contribution >= 0.6 is 7.14 Å². The monoisotopic (exact) mass is 240 g/mol. The Labute approximate surface area is 99.8 Å². The quantitative estimate of drug-likeness (QED) is 0.570. The summed E-state index contributed by atoms with van der Waals surface area (Å²) >= 11 is 0. The van der Waals surface area contributed by atoms with E-state index in [4.69, 9.17) is 0 Å². The lowest BCUT2D eigenvalue weighted by Gasteiger charge is -2.50. The fourth-order valence-electron chi connectivity index (χ4n) is 4.91. The van der Waals surface area contributed by atoms with Gasteiger partial charge in [-0.05, 0) is 50.6 Å². The van der Waals surface area contributed by atoms with E-state index in [2.05, 4.69) is 6.66 Å². The third-order valence-electron chi connectivity index (χ3n) is 5.66. The predicted octanol–water partition coefficient (Wildman–Crippen LogP) is 4.50. The van der Waals surface area contributed by atoms with Gasteiger partial charge in [-0.2, -0.15) is 0 Å². The van der Waals surface area contributed by atoms with E-state index < -0.39 is 7.14 Å². The molecule has 4 unspecified atom stereocenters. The van der Waals surface area contributed by atoms with Crippen LogP contribution in [0.15, 0.2) is 0 Å². The summed E-state index contributed by atoms with van der Waals surface area (Å²) in [6.45, 7) is 2.16. The molecule has 4 atom stereocenters. The van der Waals surface area contributed by atoms with Crippen molar-refractivity contribution < 1.29 is 4.57 Å². The van der Waals surface area contributed by atoms with E-state index in [1.807, 2.05) is 0 Å². The molecular weight excluding hydrogens is 215 g/mol. The predicted molar refractivity (Wildman–Crippen MR) is 69.6 cm³/mol. The summed E-state index contributed by atoms with van der Waals surface area (Å²) in [6.07, 6.45) is 12.2. The van der Waals surface area contributed by atoms with Crippen molar-refractivity contribution in [3.8, 4) is 0 Å². The summed E-state index contributed by atoms with van der Waals surface area (Å²) in [6, 6.07) is 0. The molecular formula is C14H25OP. The van der Waals surface area contributed by atoms with Crippen molar-refractivity contribution in [3.05, 3.63) is 0 Å². The van der Waals surface area contributed by atoms with Crippen LogP contribution in [0.5, 0.6) is 0 Å². The number of hydrogen-bond donors (Lipinski definition) is 0. The minimum atomic E-state index is -1.85. The molecule has 3 aliphatic rings. The summed E-state index contributed by atoms with van der Waals surface area (Å²) < 4.78 is 13.2. The molecule has 0 amide bonds. The van der Waals surface area contributed by atoms with Crippen LogP contribution in [0.3, 0.4) is 0 Å². The Morgan fingerprint density at radius 1 is 0.812 bits per heavy atom. The van der Waals surface area contributed by atoms with Crippen LogP contribution in [0.4, 0.5) is 0 Å². The molecule has 2 heteroatoms. The molecule has 0 spiro atoms. The number of hydrogen-bond acceptors (Lipinski definition) is 1. The normalized spacial score (nSPS) is 52.8. The summed E-state index contributed by atoms with van der Waals surface area (Å²) in [7, 11) is -1.85. The van der Waals surface area contributed by atoms with Crippen LogP contribution in [-0.2, 0) is 4.57 Å². The topological polar surface area (TPSA) is 17.1 Å². The highest BCUT2D eigenvalue weighted by Crippen LogP contribution is 2.67. The maximum Gasteiger partial charge on any atom is 0.0912 e. The molecule has 2 saturated carbocycles. The first-order valence-electron chi connectivity index (χ1n) is 7.26. The van der Waals surface area contributed by atoms with Gasteiger partial charge >= 0.3 is 0 Å². The van der Waals surface area contributed by atoms with Crippen LogP contribution in [0, 0.1) is 11.8 Å². The van der Waals surface area contributed by atoms with Gasteiger partial charge in [-0.1, -0.05) is 25.7 Å². The average Bonchev–Trinajstić information content (AvgIpc) is 2.29. The van der Waals surface area contributed by atoms with Gasteiger partial charge in [-0.3, -0.25) is 0 Å². The summed E-state index contributed by atoms with van der Waals surface area (Å²) in [5.74, 6) is 1.67. The summed E-state index contributed by atoms with van der Waals surface area (Å²) in [5.41, 5.74) is 1.25. The molecule has 0 aromatic rings. The van der Waals surface area contributed by atoms with Gasteiger partial charge in [-0.15, -0.1) is 0 Å². The third kappa shape index (κ3) is 1.70. The highest BCUT2D eigenvalue weighted by Gasteiger charge is 2.49.